The summed E-state index contributed by atoms with van der Waals surface area (Å²) in [5, 5.41) is 0. The summed E-state index contributed by atoms with van der Waals surface area (Å²) in [6.45, 7) is 2.24. The molecular formula is C18H37NO. The SMILES string of the molecule is C1CCCCC1.CCCCCCCCCCCC(N)=O. The van der Waals surface area contributed by atoms with E-state index in [2.05, 4.69) is 6.92 Å². The van der Waals surface area contributed by atoms with Crippen molar-refractivity contribution >= 4 is 5.91 Å². The molecule has 2 nitrogen and oxygen atoms in total. The Bertz CT molecular complexity index is 188. The van der Waals surface area contributed by atoms with E-state index in [9.17, 15) is 4.79 Å². The van der Waals surface area contributed by atoms with Gasteiger partial charge in [-0.3, -0.25) is 4.79 Å². The lowest BCUT2D eigenvalue weighted by atomic mass is 10.0. The molecule has 1 aliphatic rings. The molecule has 0 bridgehead atoms. The van der Waals surface area contributed by atoms with E-state index in [1.807, 2.05) is 0 Å². The first-order valence-electron chi connectivity index (χ1n) is 9.05. The van der Waals surface area contributed by atoms with Crippen LogP contribution in [0.2, 0.25) is 0 Å². The molecule has 1 amide bonds. The van der Waals surface area contributed by atoms with Crippen molar-refractivity contribution < 1.29 is 4.79 Å². The molecule has 0 radical (unpaired) electrons. The summed E-state index contributed by atoms with van der Waals surface area (Å²) >= 11 is 0. The Hall–Kier alpha value is -0.530. The van der Waals surface area contributed by atoms with Crippen molar-refractivity contribution in [2.24, 2.45) is 5.73 Å². The molecule has 0 aromatic heterocycles. The highest BCUT2D eigenvalue weighted by atomic mass is 16.1. The zero-order chi connectivity index (χ0) is 14.9. The van der Waals surface area contributed by atoms with Crippen molar-refractivity contribution in [3.63, 3.8) is 0 Å². The molecule has 0 saturated heterocycles. The molecule has 0 unspecified atom stereocenters. The molecule has 2 N–H and O–H groups in total. The summed E-state index contributed by atoms with van der Waals surface area (Å²) in [5.74, 6) is -0.159. The average Bonchev–Trinajstić information content (AvgIpc) is 2.48. The molecule has 0 atom stereocenters. The summed E-state index contributed by atoms with van der Waals surface area (Å²) in [4.78, 5) is 10.4. The standard InChI is InChI=1S/C12H25NO.C6H12/c1-2-3-4-5-6-7-8-9-10-11-12(13)14;1-2-4-6-5-3-1/h2-11H2,1H3,(H2,13,14);1-6H2. The molecule has 120 valence electrons. The van der Waals surface area contributed by atoms with Gasteiger partial charge in [0.05, 0.1) is 0 Å². The van der Waals surface area contributed by atoms with Crippen molar-refractivity contribution in [3.05, 3.63) is 0 Å². The Labute approximate surface area is 126 Å². The average molecular weight is 283 g/mol. The normalized spacial score (nSPS) is 14.4. The zero-order valence-electron chi connectivity index (χ0n) is 13.8. The Morgan fingerprint density at radius 3 is 1.40 bits per heavy atom. The lowest BCUT2D eigenvalue weighted by Gasteiger charge is -2.05. The van der Waals surface area contributed by atoms with Gasteiger partial charge in [-0.15, -0.1) is 0 Å². The summed E-state index contributed by atoms with van der Waals surface area (Å²) in [6.07, 6.45) is 21.1. The van der Waals surface area contributed by atoms with Crippen LogP contribution in [0.4, 0.5) is 0 Å². The molecule has 0 aliphatic heterocycles. The first-order chi connectivity index (χ1) is 9.77. The van der Waals surface area contributed by atoms with Gasteiger partial charge < -0.3 is 5.73 Å². The van der Waals surface area contributed by atoms with Crippen LogP contribution < -0.4 is 5.73 Å². The highest BCUT2D eigenvalue weighted by Crippen LogP contribution is 2.15. The first kappa shape index (κ1) is 19.5. The lowest BCUT2D eigenvalue weighted by Crippen LogP contribution is -2.09. The van der Waals surface area contributed by atoms with Gasteiger partial charge in [0.25, 0.3) is 0 Å². The van der Waals surface area contributed by atoms with Crippen LogP contribution in [0.3, 0.4) is 0 Å². The number of amides is 1. The summed E-state index contributed by atoms with van der Waals surface area (Å²) in [5.41, 5.74) is 5.05. The molecule has 20 heavy (non-hydrogen) atoms. The fourth-order valence-electron chi connectivity index (χ4n) is 2.67. The minimum absolute atomic E-state index is 0.159. The molecular weight excluding hydrogens is 246 g/mol. The van der Waals surface area contributed by atoms with Crippen LogP contribution in [0, 0.1) is 0 Å². The number of carbonyl (C=O) groups is 1. The maximum Gasteiger partial charge on any atom is 0.217 e. The van der Waals surface area contributed by atoms with Crippen molar-refractivity contribution in [2.45, 2.75) is 110 Å². The van der Waals surface area contributed by atoms with Gasteiger partial charge in [0.1, 0.15) is 0 Å². The molecule has 2 heteroatoms. The van der Waals surface area contributed by atoms with Crippen LogP contribution >= 0.6 is 0 Å². The molecule has 1 rings (SSSR count). The second-order valence-corrected chi connectivity index (χ2v) is 6.17. The fraction of sp³-hybridized carbons (Fsp3) is 0.944. The molecule has 0 spiro atoms. The number of carbonyl (C=O) groups excluding carboxylic acids is 1. The van der Waals surface area contributed by atoms with Gasteiger partial charge in [-0.1, -0.05) is 96.8 Å². The molecule has 0 aromatic carbocycles. The predicted molar refractivity (Wildman–Crippen MR) is 88.7 cm³/mol. The number of hydrogen-bond donors (Lipinski definition) is 1. The van der Waals surface area contributed by atoms with Crippen LogP contribution in [0.1, 0.15) is 110 Å². The Morgan fingerprint density at radius 2 is 1.05 bits per heavy atom. The molecule has 1 aliphatic carbocycles. The predicted octanol–water partition coefficient (Wildman–Crippen LogP) is 5.73. The summed E-state index contributed by atoms with van der Waals surface area (Å²) in [7, 11) is 0. The van der Waals surface area contributed by atoms with E-state index in [4.69, 9.17) is 5.73 Å². The monoisotopic (exact) mass is 283 g/mol. The van der Waals surface area contributed by atoms with Crippen LogP contribution in [0.5, 0.6) is 0 Å². The second-order valence-electron chi connectivity index (χ2n) is 6.17. The number of hydrogen-bond acceptors (Lipinski definition) is 1. The van der Waals surface area contributed by atoms with Gasteiger partial charge >= 0.3 is 0 Å². The minimum Gasteiger partial charge on any atom is -0.370 e. The minimum atomic E-state index is -0.159. The van der Waals surface area contributed by atoms with Gasteiger partial charge in [-0.25, -0.2) is 0 Å². The van der Waals surface area contributed by atoms with Gasteiger partial charge in [0.15, 0.2) is 0 Å². The van der Waals surface area contributed by atoms with Gasteiger partial charge in [0.2, 0.25) is 5.91 Å². The third-order valence-corrected chi connectivity index (χ3v) is 4.03. The van der Waals surface area contributed by atoms with E-state index >= 15 is 0 Å². The van der Waals surface area contributed by atoms with Crippen molar-refractivity contribution in [3.8, 4) is 0 Å². The molecule has 0 aromatic rings. The highest BCUT2D eigenvalue weighted by molar-refractivity contribution is 5.73. The van der Waals surface area contributed by atoms with Crippen LogP contribution in [-0.2, 0) is 4.79 Å². The third kappa shape index (κ3) is 17.5. The largest absolute Gasteiger partial charge is 0.370 e. The zero-order valence-corrected chi connectivity index (χ0v) is 13.8. The quantitative estimate of drug-likeness (QED) is 0.511. The van der Waals surface area contributed by atoms with Crippen molar-refractivity contribution in [1.82, 2.24) is 0 Å². The van der Waals surface area contributed by atoms with Gasteiger partial charge in [0, 0.05) is 6.42 Å². The van der Waals surface area contributed by atoms with Crippen LogP contribution in [-0.4, -0.2) is 5.91 Å². The second kappa shape index (κ2) is 16.5. The number of rotatable bonds is 10. The number of nitrogens with two attached hydrogens (primary N) is 1. The van der Waals surface area contributed by atoms with E-state index in [0.29, 0.717) is 6.42 Å². The summed E-state index contributed by atoms with van der Waals surface area (Å²) < 4.78 is 0. The Morgan fingerprint density at radius 1 is 0.700 bits per heavy atom. The third-order valence-electron chi connectivity index (χ3n) is 4.03. The Balaban J connectivity index is 0.000000493. The van der Waals surface area contributed by atoms with Crippen molar-refractivity contribution in [2.75, 3.05) is 0 Å². The fourth-order valence-corrected chi connectivity index (χ4v) is 2.67. The van der Waals surface area contributed by atoms with Crippen molar-refractivity contribution in [1.29, 1.82) is 0 Å². The molecule has 1 saturated carbocycles. The topological polar surface area (TPSA) is 43.1 Å². The maximum atomic E-state index is 10.4. The first-order valence-corrected chi connectivity index (χ1v) is 9.05. The maximum absolute atomic E-state index is 10.4. The van der Waals surface area contributed by atoms with Gasteiger partial charge in [-0.2, -0.15) is 0 Å². The highest BCUT2D eigenvalue weighted by Gasteiger charge is 1.96. The molecule has 1 fully saturated rings. The van der Waals surface area contributed by atoms with E-state index in [1.165, 1.54) is 83.5 Å². The smallest absolute Gasteiger partial charge is 0.217 e. The van der Waals surface area contributed by atoms with E-state index in [0.717, 1.165) is 12.8 Å². The number of primary amides is 1. The van der Waals surface area contributed by atoms with E-state index in [1.54, 1.807) is 0 Å². The van der Waals surface area contributed by atoms with Crippen LogP contribution in [0.25, 0.3) is 0 Å². The van der Waals surface area contributed by atoms with Gasteiger partial charge in [-0.05, 0) is 6.42 Å². The number of unbranched alkanes of at least 4 members (excludes halogenated alkanes) is 8. The van der Waals surface area contributed by atoms with E-state index in [-0.39, 0.29) is 5.91 Å². The summed E-state index contributed by atoms with van der Waals surface area (Å²) in [6, 6.07) is 0. The Kier molecular flexibility index (Phi) is 16.1. The van der Waals surface area contributed by atoms with Crippen LogP contribution in [0.15, 0.2) is 0 Å². The van der Waals surface area contributed by atoms with E-state index < -0.39 is 0 Å². The molecule has 0 heterocycles. The lowest BCUT2D eigenvalue weighted by molar-refractivity contribution is -0.118.